The van der Waals surface area contributed by atoms with E-state index >= 15 is 0 Å². The van der Waals surface area contributed by atoms with Gasteiger partial charge in [0, 0.05) is 16.2 Å². The van der Waals surface area contributed by atoms with Crippen molar-refractivity contribution in [3.63, 3.8) is 0 Å². The average molecular weight is 304 g/mol. The highest BCUT2D eigenvalue weighted by molar-refractivity contribution is 7.98. The third-order valence-electron chi connectivity index (χ3n) is 2.99. The molecule has 0 bridgehead atoms. The van der Waals surface area contributed by atoms with Gasteiger partial charge < -0.3 is 14.6 Å². The molecule has 2 aromatic rings. The zero-order valence-corrected chi connectivity index (χ0v) is 12.6. The number of carbonyl (C=O) groups is 1. The minimum absolute atomic E-state index is 0.310. The van der Waals surface area contributed by atoms with Crippen LogP contribution in [0.5, 0.6) is 11.5 Å². The van der Waals surface area contributed by atoms with E-state index in [0.717, 1.165) is 22.0 Å². The summed E-state index contributed by atoms with van der Waals surface area (Å²) < 4.78 is 10.5. The second-order valence-electron chi connectivity index (χ2n) is 4.27. The lowest BCUT2D eigenvalue weighted by Crippen LogP contribution is -1.98. The molecule has 0 aliphatic heterocycles. The van der Waals surface area contributed by atoms with E-state index in [1.165, 1.54) is 11.8 Å². The first kappa shape index (κ1) is 15.3. The summed E-state index contributed by atoms with van der Waals surface area (Å²) in [4.78, 5) is 11.9. The summed E-state index contributed by atoms with van der Waals surface area (Å²) in [7, 11) is 3.22. The van der Waals surface area contributed by atoms with Crippen molar-refractivity contribution in [2.75, 3.05) is 14.2 Å². The summed E-state index contributed by atoms with van der Waals surface area (Å²) in [5, 5.41) is 9.19. The number of hydrogen-bond acceptors (Lipinski definition) is 4. The second kappa shape index (κ2) is 7.04. The Morgan fingerprint density at radius 1 is 1.14 bits per heavy atom. The molecular formula is C16H16O4S. The van der Waals surface area contributed by atoms with E-state index in [4.69, 9.17) is 9.47 Å². The summed E-state index contributed by atoms with van der Waals surface area (Å²) in [6.45, 7) is 0. The highest BCUT2D eigenvalue weighted by atomic mass is 32.2. The maximum absolute atomic E-state index is 11.2. The van der Waals surface area contributed by atoms with Crippen molar-refractivity contribution < 1.29 is 19.4 Å². The molecule has 0 saturated carbocycles. The molecule has 0 radical (unpaired) electrons. The van der Waals surface area contributed by atoms with E-state index in [9.17, 15) is 9.90 Å². The van der Waals surface area contributed by atoms with Gasteiger partial charge in [0.1, 0.15) is 11.5 Å². The molecule has 0 amide bonds. The number of thioether (sulfide) groups is 1. The quantitative estimate of drug-likeness (QED) is 0.825. The molecule has 0 saturated heterocycles. The van der Waals surface area contributed by atoms with Gasteiger partial charge >= 0.3 is 5.97 Å². The van der Waals surface area contributed by atoms with Gasteiger partial charge in [-0.05, 0) is 30.3 Å². The summed E-state index contributed by atoms with van der Waals surface area (Å²) in [5.74, 6) is 1.19. The molecule has 0 aliphatic rings. The van der Waals surface area contributed by atoms with Gasteiger partial charge in [0.25, 0.3) is 0 Å². The van der Waals surface area contributed by atoms with Gasteiger partial charge in [0.15, 0.2) is 0 Å². The number of carboxylic acids is 1. The van der Waals surface area contributed by atoms with Crippen LogP contribution in [-0.2, 0) is 5.75 Å². The van der Waals surface area contributed by atoms with Crippen LogP contribution in [0, 0.1) is 0 Å². The number of benzene rings is 2. The van der Waals surface area contributed by atoms with Crippen molar-refractivity contribution in [3.8, 4) is 11.5 Å². The van der Waals surface area contributed by atoms with Crippen LogP contribution < -0.4 is 9.47 Å². The van der Waals surface area contributed by atoms with Gasteiger partial charge in [-0.15, -0.1) is 11.8 Å². The van der Waals surface area contributed by atoms with Gasteiger partial charge in [-0.1, -0.05) is 12.1 Å². The van der Waals surface area contributed by atoms with Crippen LogP contribution in [-0.4, -0.2) is 25.3 Å². The SMILES string of the molecule is COc1ccc(OC)c(CSc2ccccc2C(=O)O)c1. The van der Waals surface area contributed by atoms with Crippen LogP contribution in [0.1, 0.15) is 15.9 Å². The van der Waals surface area contributed by atoms with Gasteiger partial charge in [-0.2, -0.15) is 0 Å². The van der Waals surface area contributed by atoms with Crippen molar-refractivity contribution in [1.29, 1.82) is 0 Å². The maximum Gasteiger partial charge on any atom is 0.336 e. The van der Waals surface area contributed by atoms with E-state index in [0.29, 0.717) is 11.3 Å². The van der Waals surface area contributed by atoms with Crippen LogP contribution in [0.25, 0.3) is 0 Å². The highest BCUT2D eigenvalue weighted by Crippen LogP contribution is 2.32. The van der Waals surface area contributed by atoms with Gasteiger partial charge in [-0.3, -0.25) is 0 Å². The number of aromatic carboxylic acids is 1. The topological polar surface area (TPSA) is 55.8 Å². The molecule has 0 unspecified atom stereocenters. The molecule has 5 heteroatoms. The molecule has 0 fully saturated rings. The molecule has 0 spiro atoms. The molecule has 21 heavy (non-hydrogen) atoms. The number of rotatable bonds is 6. The Morgan fingerprint density at radius 3 is 2.57 bits per heavy atom. The smallest absolute Gasteiger partial charge is 0.336 e. The Morgan fingerprint density at radius 2 is 1.90 bits per heavy atom. The summed E-state index contributed by atoms with van der Waals surface area (Å²) in [6.07, 6.45) is 0. The Balaban J connectivity index is 2.22. The van der Waals surface area contributed by atoms with Crippen LogP contribution in [0.2, 0.25) is 0 Å². The fourth-order valence-electron chi connectivity index (χ4n) is 1.92. The van der Waals surface area contributed by atoms with Crippen molar-refractivity contribution in [2.45, 2.75) is 10.6 Å². The molecular weight excluding hydrogens is 288 g/mol. The predicted molar refractivity (Wildman–Crippen MR) is 82.5 cm³/mol. The van der Waals surface area contributed by atoms with Gasteiger partial charge in [0.2, 0.25) is 0 Å². The fraction of sp³-hybridized carbons (Fsp3) is 0.188. The predicted octanol–water partition coefficient (Wildman–Crippen LogP) is 3.69. The molecule has 0 heterocycles. The Kier molecular flexibility index (Phi) is 5.11. The monoisotopic (exact) mass is 304 g/mol. The van der Waals surface area contributed by atoms with Crippen molar-refractivity contribution >= 4 is 17.7 Å². The van der Waals surface area contributed by atoms with Crippen LogP contribution in [0.15, 0.2) is 47.4 Å². The van der Waals surface area contributed by atoms with E-state index in [2.05, 4.69) is 0 Å². The highest BCUT2D eigenvalue weighted by Gasteiger charge is 2.11. The normalized spacial score (nSPS) is 10.2. The lowest BCUT2D eigenvalue weighted by atomic mass is 10.2. The van der Waals surface area contributed by atoms with E-state index in [1.54, 1.807) is 32.4 Å². The van der Waals surface area contributed by atoms with Gasteiger partial charge in [-0.25, -0.2) is 4.79 Å². The number of ether oxygens (including phenoxy) is 2. The maximum atomic E-state index is 11.2. The lowest BCUT2D eigenvalue weighted by molar-refractivity contribution is 0.0693. The minimum Gasteiger partial charge on any atom is -0.497 e. The first-order chi connectivity index (χ1) is 10.2. The number of carboxylic acid groups (broad SMARTS) is 1. The van der Waals surface area contributed by atoms with E-state index in [1.807, 2.05) is 24.3 Å². The molecule has 2 rings (SSSR count). The largest absolute Gasteiger partial charge is 0.497 e. The fourth-order valence-corrected chi connectivity index (χ4v) is 2.94. The molecule has 0 aliphatic carbocycles. The first-order valence-electron chi connectivity index (χ1n) is 6.31. The zero-order chi connectivity index (χ0) is 15.2. The summed E-state index contributed by atoms with van der Waals surface area (Å²) in [6, 6.07) is 12.5. The average Bonchev–Trinajstić information content (AvgIpc) is 2.52. The lowest BCUT2D eigenvalue weighted by Gasteiger charge is -2.11. The summed E-state index contributed by atoms with van der Waals surface area (Å²) >= 11 is 1.46. The number of hydrogen-bond donors (Lipinski definition) is 1. The van der Waals surface area contributed by atoms with Crippen LogP contribution in [0.3, 0.4) is 0 Å². The van der Waals surface area contributed by atoms with Crippen LogP contribution in [0.4, 0.5) is 0 Å². The zero-order valence-electron chi connectivity index (χ0n) is 11.8. The van der Waals surface area contributed by atoms with Crippen molar-refractivity contribution in [2.24, 2.45) is 0 Å². The third-order valence-corrected chi connectivity index (χ3v) is 4.11. The summed E-state index contributed by atoms with van der Waals surface area (Å²) in [5.41, 5.74) is 1.27. The Labute approximate surface area is 127 Å². The molecule has 2 aromatic carbocycles. The van der Waals surface area contributed by atoms with Crippen LogP contribution >= 0.6 is 11.8 Å². The first-order valence-corrected chi connectivity index (χ1v) is 7.30. The number of methoxy groups -OCH3 is 2. The van der Waals surface area contributed by atoms with Gasteiger partial charge in [0.05, 0.1) is 19.8 Å². The van der Waals surface area contributed by atoms with E-state index < -0.39 is 5.97 Å². The second-order valence-corrected chi connectivity index (χ2v) is 5.28. The van der Waals surface area contributed by atoms with Crippen molar-refractivity contribution in [1.82, 2.24) is 0 Å². The van der Waals surface area contributed by atoms with Crippen molar-refractivity contribution in [3.05, 3.63) is 53.6 Å². The molecule has 4 nitrogen and oxygen atoms in total. The van der Waals surface area contributed by atoms with E-state index in [-0.39, 0.29) is 0 Å². The molecule has 0 aromatic heterocycles. The third kappa shape index (κ3) is 3.70. The standard InChI is InChI=1S/C16H16O4S/c1-19-12-7-8-14(20-2)11(9-12)10-21-15-6-4-3-5-13(15)16(17)18/h3-9H,10H2,1-2H3,(H,17,18). The Bertz CT molecular complexity index is 640. The minimum atomic E-state index is -0.921. The molecule has 0 atom stereocenters. The molecule has 110 valence electrons. The Hall–Kier alpha value is -2.14. The molecule has 1 N–H and O–H groups in total.